The highest BCUT2D eigenvalue weighted by atomic mass is 19.3. The molecule has 0 bridgehead atoms. The fourth-order valence-electron chi connectivity index (χ4n) is 5.88. The van der Waals surface area contributed by atoms with E-state index in [1.165, 1.54) is 22.7 Å². The van der Waals surface area contributed by atoms with Crippen LogP contribution in [0.2, 0.25) is 0 Å². The van der Waals surface area contributed by atoms with Gasteiger partial charge in [0.05, 0.1) is 48.6 Å². The van der Waals surface area contributed by atoms with Gasteiger partial charge in [-0.2, -0.15) is 5.10 Å². The van der Waals surface area contributed by atoms with Crippen molar-refractivity contribution in [2.75, 3.05) is 26.8 Å². The Morgan fingerprint density at radius 2 is 1.93 bits per heavy atom. The van der Waals surface area contributed by atoms with E-state index in [2.05, 4.69) is 20.7 Å². The second kappa shape index (κ2) is 10.6. The van der Waals surface area contributed by atoms with Crippen LogP contribution in [-0.4, -0.2) is 75.9 Å². The Kier molecular flexibility index (Phi) is 7.58. The first kappa shape index (κ1) is 29.3. The van der Waals surface area contributed by atoms with Crippen molar-refractivity contribution in [1.82, 2.24) is 30.1 Å². The summed E-state index contributed by atoms with van der Waals surface area (Å²) >= 11 is 0. The number of urea groups is 1. The number of rotatable bonds is 7. The molecule has 5 rings (SSSR count). The van der Waals surface area contributed by atoms with E-state index in [0.29, 0.717) is 16.9 Å². The molecule has 14 heteroatoms. The van der Waals surface area contributed by atoms with E-state index in [1.807, 2.05) is 0 Å². The van der Waals surface area contributed by atoms with Crippen molar-refractivity contribution in [3.63, 3.8) is 0 Å². The zero-order chi connectivity index (χ0) is 29.7. The van der Waals surface area contributed by atoms with Crippen LogP contribution in [0.4, 0.5) is 27.2 Å². The fraction of sp³-hybridized carbons (Fsp3) is 0.704. The smallest absolute Gasteiger partial charge is 0.408 e. The van der Waals surface area contributed by atoms with E-state index in [0.717, 1.165) is 0 Å². The first-order valence-corrected chi connectivity index (χ1v) is 13.8. The third-order valence-corrected chi connectivity index (χ3v) is 8.16. The maximum Gasteiger partial charge on any atom is 0.408 e. The van der Waals surface area contributed by atoms with Gasteiger partial charge in [-0.25, -0.2) is 36.7 Å². The lowest BCUT2D eigenvalue weighted by molar-refractivity contribution is -0.0500. The summed E-state index contributed by atoms with van der Waals surface area (Å²) < 4.78 is 68.5. The SMILES string of the molecule is COC[C@H](c1cnn2cc([C@@H](NC(=O)OC(C)(C)C)C3CCC(F)(F)CC3)nc2c1)N1C[C@@H]2[C@H](CNC1=O)C2(F)F. The van der Waals surface area contributed by atoms with Crippen molar-refractivity contribution >= 4 is 17.8 Å². The van der Waals surface area contributed by atoms with Crippen molar-refractivity contribution < 1.29 is 36.6 Å². The molecule has 2 aliphatic carbocycles. The number of imidazole rings is 1. The van der Waals surface area contributed by atoms with Crippen LogP contribution < -0.4 is 10.6 Å². The first-order valence-electron chi connectivity index (χ1n) is 13.8. The third kappa shape index (κ3) is 6.21. The number of halogens is 4. The van der Waals surface area contributed by atoms with Gasteiger partial charge in [0.2, 0.25) is 5.92 Å². The predicted molar refractivity (Wildman–Crippen MR) is 139 cm³/mol. The van der Waals surface area contributed by atoms with E-state index in [1.54, 1.807) is 33.0 Å². The number of alkyl halides is 4. The van der Waals surface area contributed by atoms with E-state index < -0.39 is 53.5 Å². The molecule has 0 unspecified atom stereocenters. The molecule has 1 aliphatic heterocycles. The molecule has 226 valence electrons. The van der Waals surface area contributed by atoms with Crippen LogP contribution in [0.15, 0.2) is 18.5 Å². The Bertz CT molecular complexity index is 1290. The minimum absolute atomic E-state index is 0.0426. The zero-order valence-corrected chi connectivity index (χ0v) is 23.5. The van der Waals surface area contributed by atoms with Gasteiger partial charge in [-0.3, -0.25) is 0 Å². The molecule has 41 heavy (non-hydrogen) atoms. The molecule has 3 fully saturated rings. The van der Waals surface area contributed by atoms with Crippen molar-refractivity contribution in [2.24, 2.45) is 17.8 Å². The van der Waals surface area contributed by atoms with E-state index in [4.69, 9.17) is 9.47 Å². The highest BCUT2D eigenvalue weighted by Gasteiger charge is 2.69. The van der Waals surface area contributed by atoms with Crippen LogP contribution in [0.25, 0.3) is 5.65 Å². The summed E-state index contributed by atoms with van der Waals surface area (Å²) in [6, 6.07) is -0.189. The zero-order valence-electron chi connectivity index (χ0n) is 23.5. The number of ether oxygens (including phenoxy) is 2. The number of aromatic nitrogens is 3. The molecule has 4 atom stereocenters. The lowest BCUT2D eigenvalue weighted by atomic mass is 9.81. The number of hydrogen-bond acceptors (Lipinski definition) is 6. The molecule has 3 aliphatic rings. The molecule has 0 spiro atoms. The summed E-state index contributed by atoms with van der Waals surface area (Å²) in [5, 5.41) is 9.84. The Balaban J connectivity index is 1.43. The third-order valence-electron chi connectivity index (χ3n) is 8.16. The molecule has 2 N–H and O–H groups in total. The number of methoxy groups -OCH3 is 1. The van der Waals surface area contributed by atoms with Crippen molar-refractivity contribution in [1.29, 1.82) is 0 Å². The Morgan fingerprint density at radius 3 is 2.59 bits per heavy atom. The van der Waals surface area contributed by atoms with Crippen LogP contribution in [0.3, 0.4) is 0 Å². The predicted octanol–water partition coefficient (Wildman–Crippen LogP) is 4.71. The summed E-state index contributed by atoms with van der Waals surface area (Å²) in [6.07, 6.45) is 2.23. The number of fused-ring (bicyclic) bond motifs is 2. The Labute approximate surface area is 235 Å². The van der Waals surface area contributed by atoms with Crippen LogP contribution >= 0.6 is 0 Å². The highest BCUT2D eigenvalue weighted by molar-refractivity contribution is 5.75. The molecule has 2 aromatic rings. The number of carbonyl (C=O) groups excluding carboxylic acids is 2. The minimum atomic E-state index is -2.83. The van der Waals surface area contributed by atoms with Crippen LogP contribution in [0, 0.1) is 17.8 Å². The molecule has 1 saturated heterocycles. The molecule has 2 aromatic heterocycles. The van der Waals surface area contributed by atoms with Gasteiger partial charge >= 0.3 is 12.1 Å². The van der Waals surface area contributed by atoms with Crippen molar-refractivity contribution in [2.45, 2.75) is 76.0 Å². The molecule has 10 nitrogen and oxygen atoms in total. The summed E-state index contributed by atoms with van der Waals surface area (Å²) in [7, 11) is 1.46. The Morgan fingerprint density at radius 1 is 1.22 bits per heavy atom. The first-order chi connectivity index (χ1) is 19.2. The topological polar surface area (TPSA) is 110 Å². The number of nitrogens with one attached hydrogen (secondary N) is 2. The second-order valence-corrected chi connectivity index (χ2v) is 12.3. The highest BCUT2D eigenvalue weighted by Crippen LogP contribution is 2.56. The number of amides is 3. The monoisotopic (exact) mass is 584 g/mol. The fourth-order valence-corrected chi connectivity index (χ4v) is 5.88. The summed E-state index contributed by atoms with van der Waals surface area (Å²) in [5.41, 5.74) is 0.569. The maximum atomic E-state index is 14.2. The largest absolute Gasteiger partial charge is 0.444 e. The number of nitrogens with zero attached hydrogens (tertiary/aromatic N) is 4. The average Bonchev–Trinajstić information content (AvgIpc) is 3.21. The van der Waals surface area contributed by atoms with E-state index in [9.17, 15) is 27.2 Å². The van der Waals surface area contributed by atoms with Gasteiger partial charge in [-0.15, -0.1) is 0 Å². The molecular weight excluding hydrogens is 548 g/mol. The molecule has 0 radical (unpaired) electrons. The van der Waals surface area contributed by atoms with E-state index >= 15 is 0 Å². The molecule has 2 saturated carbocycles. The lowest BCUT2D eigenvalue weighted by Gasteiger charge is -2.33. The Hall–Kier alpha value is -3.16. The number of hydrogen-bond donors (Lipinski definition) is 2. The quantitative estimate of drug-likeness (QED) is 0.456. The summed E-state index contributed by atoms with van der Waals surface area (Å²) in [5.74, 6) is -7.70. The number of carbonyl (C=O) groups is 2. The van der Waals surface area contributed by atoms with Gasteiger partial charge in [0.25, 0.3) is 5.92 Å². The van der Waals surface area contributed by atoms with Crippen LogP contribution in [0.5, 0.6) is 0 Å². The normalized spacial score (nSPS) is 25.6. The van der Waals surface area contributed by atoms with Crippen molar-refractivity contribution in [3.8, 4) is 0 Å². The van der Waals surface area contributed by atoms with Gasteiger partial charge in [0.15, 0.2) is 5.65 Å². The molecule has 0 aromatic carbocycles. The standard InChI is InChI=1S/C27H36F4N6O4/c1-25(2,3)41-24(39)35-22(15-5-7-26(28,29)8-6-15)19-13-37-21(34-19)9-16(10-33-37)20(14-40-4)36-12-18-17(27(18,30)31)11-32-23(36)38/h9-10,13,15,17-18,20,22H,5-8,11-12,14H2,1-4H3,(H,32,38)(H,35,39)/t17-,18+,20+,22-/m0/s1. The molecule has 3 amide bonds. The minimum Gasteiger partial charge on any atom is -0.444 e. The lowest BCUT2D eigenvalue weighted by Crippen LogP contribution is -2.44. The van der Waals surface area contributed by atoms with Crippen molar-refractivity contribution in [3.05, 3.63) is 29.7 Å². The molecule has 3 heterocycles. The maximum absolute atomic E-state index is 14.2. The number of alkyl carbamates (subject to hydrolysis) is 1. The van der Waals surface area contributed by atoms with Gasteiger partial charge in [0, 0.05) is 38.6 Å². The van der Waals surface area contributed by atoms with Gasteiger partial charge in [-0.05, 0) is 45.6 Å². The summed E-state index contributed by atoms with van der Waals surface area (Å²) in [4.78, 5) is 31.6. The van der Waals surface area contributed by atoms with Gasteiger partial charge < -0.3 is 25.0 Å². The molecular formula is C27H36F4N6O4. The summed E-state index contributed by atoms with van der Waals surface area (Å²) in [6.45, 7) is 5.00. The van der Waals surface area contributed by atoms with E-state index in [-0.39, 0.29) is 51.3 Å². The van der Waals surface area contributed by atoms with Gasteiger partial charge in [-0.1, -0.05) is 0 Å². The second-order valence-electron chi connectivity index (χ2n) is 12.3. The van der Waals surface area contributed by atoms with Crippen LogP contribution in [0.1, 0.15) is 69.8 Å². The van der Waals surface area contributed by atoms with Gasteiger partial charge in [0.1, 0.15) is 5.60 Å². The average molecular weight is 585 g/mol. The van der Waals surface area contributed by atoms with Crippen LogP contribution in [-0.2, 0) is 9.47 Å².